The predicted molar refractivity (Wildman–Crippen MR) is 98.9 cm³/mol. The van der Waals surface area contributed by atoms with Crippen molar-refractivity contribution in [2.45, 2.75) is 32.2 Å². The molecule has 0 saturated carbocycles. The minimum atomic E-state index is -0.0266. The zero-order valence-electron chi connectivity index (χ0n) is 15.0. The van der Waals surface area contributed by atoms with Gasteiger partial charge in [-0.05, 0) is 18.6 Å². The van der Waals surface area contributed by atoms with Gasteiger partial charge in [-0.2, -0.15) is 4.98 Å². The van der Waals surface area contributed by atoms with E-state index in [4.69, 9.17) is 9.26 Å². The van der Waals surface area contributed by atoms with E-state index in [0.717, 1.165) is 31.1 Å². The van der Waals surface area contributed by atoms with E-state index in [2.05, 4.69) is 32.3 Å². The topological polar surface area (TPSA) is 93.4 Å². The molecule has 8 nitrogen and oxygen atoms in total. The van der Waals surface area contributed by atoms with Crippen molar-refractivity contribution < 1.29 is 14.1 Å². The van der Waals surface area contributed by atoms with Crippen LogP contribution in [0.1, 0.15) is 24.2 Å². The average molecular weight is 377 g/mol. The van der Waals surface area contributed by atoms with Crippen LogP contribution in [0.3, 0.4) is 0 Å². The van der Waals surface area contributed by atoms with Gasteiger partial charge in [0.25, 0.3) is 0 Å². The molecule has 1 unspecified atom stereocenters. The average Bonchev–Trinajstić information content (AvgIpc) is 3.05. The summed E-state index contributed by atoms with van der Waals surface area (Å²) in [4.78, 5) is 22.7. The summed E-state index contributed by atoms with van der Waals surface area (Å²) in [7, 11) is 0. The van der Waals surface area contributed by atoms with Crippen LogP contribution in [0.2, 0.25) is 0 Å². The number of pyridine rings is 1. The largest absolute Gasteiger partial charge is 0.375 e. The molecular weight excluding hydrogens is 354 g/mol. The molecule has 1 aliphatic heterocycles. The first-order chi connectivity index (χ1) is 12.6. The number of aryl methyl sites for hydroxylation is 1. The van der Waals surface area contributed by atoms with E-state index >= 15 is 0 Å². The maximum Gasteiger partial charge on any atom is 0.230 e. The SMILES string of the molecule is Cc1nc(CSCC(=O)NCc2ccc(N3CCOC(C)C3)nc2)no1. The standard InChI is InChI=1S/C17H23N5O3S/c1-12-9-22(5-6-24-12)16-4-3-14(7-18-16)8-19-17(23)11-26-10-15-20-13(2)25-21-15/h3-4,7,12H,5-6,8-11H2,1-2H3,(H,19,23). The number of hydrogen-bond acceptors (Lipinski definition) is 8. The molecule has 26 heavy (non-hydrogen) atoms. The molecule has 3 heterocycles. The summed E-state index contributed by atoms with van der Waals surface area (Å²) in [6.45, 7) is 6.70. The second-order valence-corrected chi connectivity index (χ2v) is 7.14. The molecule has 1 saturated heterocycles. The summed E-state index contributed by atoms with van der Waals surface area (Å²) in [5.74, 6) is 2.97. The lowest BCUT2D eigenvalue weighted by Crippen LogP contribution is -2.41. The Labute approximate surface area is 156 Å². The second-order valence-electron chi connectivity index (χ2n) is 6.15. The third kappa shape index (κ3) is 5.43. The maximum atomic E-state index is 11.9. The van der Waals surface area contributed by atoms with Crippen molar-refractivity contribution in [3.8, 4) is 0 Å². The van der Waals surface area contributed by atoms with E-state index in [1.165, 1.54) is 11.8 Å². The minimum absolute atomic E-state index is 0.0266. The number of ether oxygens (including phenoxy) is 1. The Hall–Kier alpha value is -2.13. The third-order valence-corrected chi connectivity index (χ3v) is 4.83. The van der Waals surface area contributed by atoms with E-state index in [-0.39, 0.29) is 12.0 Å². The molecule has 0 spiro atoms. The molecule has 0 radical (unpaired) electrons. The number of amides is 1. The molecule has 0 aliphatic carbocycles. The highest BCUT2D eigenvalue weighted by atomic mass is 32.2. The van der Waals surface area contributed by atoms with Crippen molar-refractivity contribution >= 4 is 23.5 Å². The summed E-state index contributed by atoms with van der Waals surface area (Å²) in [6.07, 6.45) is 2.03. The number of carbonyl (C=O) groups excluding carboxylic acids is 1. The number of carbonyl (C=O) groups is 1. The monoisotopic (exact) mass is 377 g/mol. The lowest BCUT2D eigenvalue weighted by molar-refractivity contribution is -0.118. The number of aromatic nitrogens is 3. The summed E-state index contributed by atoms with van der Waals surface area (Å²) in [5, 5.41) is 6.70. The van der Waals surface area contributed by atoms with Crippen molar-refractivity contribution in [3.63, 3.8) is 0 Å². The molecule has 1 amide bonds. The zero-order valence-corrected chi connectivity index (χ0v) is 15.8. The van der Waals surface area contributed by atoms with Crippen LogP contribution in [-0.4, -0.2) is 52.6 Å². The number of thioether (sulfide) groups is 1. The van der Waals surface area contributed by atoms with Crippen LogP contribution in [0.5, 0.6) is 0 Å². The molecule has 1 aliphatic rings. The number of hydrogen-bond donors (Lipinski definition) is 1. The van der Waals surface area contributed by atoms with Gasteiger partial charge in [-0.15, -0.1) is 11.8 Å². The number of rotatable bonds is 7. The predicted octanol–water partition coefficient (Wildman–Crippen LogP) is 1.55. The van der Waals surface area contributed by atoms with Gasteiger partial charge in [-0.25, -0.2) is 4.98 Å². The van der Waals surface area contributed by atoms with Crippen molar-refractivity contribution in [2.24, 2.45) is 0 Å². The van der Waals surface area contributed by atoms with Crippen molar-refractivity contribution in [3.05, 3.63) is 35.6 Å². The van der Waals surface area contributed by atoms with Crippen molar-refractivity contribution in [2.75, 3.05) is 30.3 Å². The number of nitrogens with zero attached hydrogens (tertiary/aromatic N) is 4. The second kappa shape index (κ2) is 9.00. The Bertz CT molecular complexity index is 721. The molecule has 0 aromatic carbocycles. The van der Waals surface area contributed by atoms with E-state index < -0.39 is 0 Å². The fraction of sp³-hybridized carbons (Fsp3) is 0.529. The molecule has 140 valence electrons. The van der Waals surface area contributed by atoms with Gasteiger partial charge < -0.3 is 19.5 Å². The Kier molecular flexibility index (Phi) is 6.45. The van der Waals surface area contributed by atoms with E-state index in [1.54, 1.807) is 6.92 Å². The minimum Gasteiger partial charge on any atom is -0.375 e. The van der Waals surface area contributed by atoms with Crippen LogP contribution in [0.4, 0.5) is 5.82 Å². The summed E-state index contributed by atoms with van der Waals surface area (Å²) < 4.78 is 10.4. The highest BCUT2D eigenvalue weighted by Gasteiger charge is 2.17. The van der Waals surface area contributed by atoms with Crippen LogP contribution in [0.25, 0.3) is 0 Å². The molecule has 3 rings (SSSR count). The highest BCUT2D eigenvalue weighted by Crippen LogP contribution is 2.15. The Morgan fingerprint density at radius 1 is 1.46 bits per heavy atom. The molecule has 1 fully saturated rings. The lowest BCUT2D eigenvalue weighted by Gasteiger charge is -2.32. The number of morpholine rings is 1. The van der Waals surface area contributed by atoms with Crippen molar-refractivity contribution in [1.82, 2.24) is 20.4 Å². The summed E-state index contributed by atoms with van der Waals surface area (Å²) in [5.41, 5.74) is 0.974. The van der Waals surface area contributed by atoms with Crippen LogP contribution in [0.15, 0.2) is 22.9 Å². The van der Waals surface area contributed by atoms with Gasteiger partial charge in [0.2, 0.25) is 11.8 Å². The Morgan fingerprint density at radius 3 is 3.04 bits per heavy atom. The van der Waals surface area contributed by atoms with Crippen LogP contribution < -0.4 is 10.2 Å². The van der Waals surface area contributed by atoms with Gasteiger partial charge in [0, 0.05) is 32.8 Å². The van der Waals surface area contributed by atoms with Gasteiger partial charge in [0.15, 0.2) is 5.82 Å². The normalized spacial score (nSPS) is 17.3. The van der Waals surface area contributed by atoms with Crippen LogP contribution >= 0.6 is 11.8 Å². The molecule has 0 bridgehead atoms. The maximum absolute atomic E-state index is 11.9. The van der Waals surface area contributed by atoms with Gasteiger partial charge in [0.05, 0.1) is 24.2 Å². The summed E-state index contributed by atoms with van der Waals surface area (Å²) >= 11 is 1.45. The van der Waals surface area contributed by atoms with E-state index in [9.17, 15) is 4.79 Å². The van der Waals surface area contributed by atoms with Crippen LogP contribution in [-0.2, 0) is 21.8 Å². The lowest BCUT2D eigenvalue weighted by atomic mass is 10.2. The van der Waals surface area contributed by atoms with E-state index in [1.807, 2.05) is 18.3 Å². The van der Waals surface area contributed by atoms with Gasteiger partial charge >= 0.3 is 0 Å². The first-order valence-electron chi connectivity index (χ1n) is 8.55. The molecule has 1 N–H and O–H groups in total. The van der Waals surface area contributed by atoms with Gasteiger partial charge in [-0.3, -0.25) is 4.79 Å². The molecule has 9 heteroatoms. The molecule has 2 aromatic heterocycles. The quantitative estimate of drug-likeness (QED) is 0.777. The van der Waals surface area contributed by atoms with Gasteiger partial charge in [-0.1, -0.05) is 11.2 Å². The first kappa shape index (κ1) is 18.7. The smallest absolute Gasteiger partial charge is 0.230 e. The fourth-order valence-corrected chi connectivity index (χ4v) is 3.31. The van der Waals surface area contributed by atoms with Crippen LogP contribution in [0, 0.1) is 6.92 Å². The Balaban J connectivity index is 1.39. The summed E-state index contributed by atoms with van der Waals surface area (Å²) in [6, 6.07) is 3.99. The molecule has 1 atom stereocenters. The Morgan fingerprint density at radius 2 is 2.35 bits per heavy atom. The van der Waals surface area contributed by atoms with Crippen molar-refractivity contribution in [1.29, 1.82) is 0 Å². The molecule has 2 aromatic rings. The van der Waals surface area contributed by atoms with Gasteiger partial charge in [0.1, 0.15) is 5.82 Å². The number of anilines is 1. The third-order valence-electron chi connectivity index (χ3n) is 3.90. The highest BCUT2D eigenvalue weighted by molar-refractivity contribution is 7.99. The first-order valence-corrected chi connectivity index (χ1v) is 9.71. The van der Waals surface area contributed by atoms with E-state index in [0.29, 0.717) is 29.8 Å². The number of nitrogens with one attached hydrogen (secondary N) is 1. The fourth-order valence-electron chi connectivity index (χ4n) is 2.62. The molecular formula is C17H23N5O3S. The zero-order chi connectivity index (χ0) is 18.4.